The van der Waals surface area contributed by atoms with Crippen molar-refractivity contribution in [3.8, 4) is 0 Å². The van der Waals surface area contributed by atoms with E-state index in [1.54, 1.807) is 0 Å². The molecule has 4 heteroatoms. The molecule has 0 aromatic rings. The maximum Gasteiger partial charge on any atom is 0.250 e. The first-order valence-corrected chi connectivity index (χ1v) is 5.27. The number of nitrogens with two attached hydrogens (primary N) is 1. The zero-order chi connectivity index (χ0) is 12.3. The predicted octanol–water partition coefficient (Wildman–Crippen LogP) is 0.495. The van der Waals surface area contributed by atoms with Crippen LogP contribution in [0.15, 0.2) is 0 Å². The topological polar surface area (TPSA) is 75.3 Å². The number of hydrogen-bond acceptors (Lipinski definition) is 3. The van der Waals surface area contributed by atoms with Crippen molar-refractivity contribution in [1.29, 1.82) is 0 Å². The average Bonchev–Trinajstić information content (AvgIpc) is 2.11. The number of carbonyl (C=O) groups excluding carboxylic acids is 1. The molecule has 0 heterocycles. The maximum atomic E-state index is 11.3. The molecule has 1 unspecified atom stereocenters. The summed E-state index contributed by atoms with van der Waals surface area (Å²) >= 11 is 0. The fraction of sp³-hybridized carbons (Fsp3) is 0.909. The van der Waals surface area contributed by atoms with Gasteiger partial charge in [0.25, 0.3) is 0 Å². The Balaban J connectivity index is 4.22. The molecule has 0 bridgehead atoms. The van der Waals surface area contributed by atoms with E-state index < -0.39 is 12.0 Å². The largest absolute Gasteiger partial charge is 0.382 e. The molecule has 0 fully saturated rings. The number of amides is 1. The summed E-state index contributed by atoms with van der Waals surface area (Å²) in [5.41, 5.74) is 5.25. The van der Waals surface area contributed by atoms with E-state index in [-0.39, 0.29) is 17.4 Å². The third-order valence-corrected chi connectivity index (χ3v) is 3.26. The standard InChI is InChI=1S/C11H24N2O2/c1-10(2,3)11(4,5)7-13-9(15)8(14)6-12/h8,14H,6-7,12H2,1-5H3,(H,13,15). The Hall–Kier alpha value is -0.610. The van der Waals surface area contributed by atoms with Crippen molar-refractivity contribution in [2.24, 2.45) is 16.6 Å². The number of aliphatic hydroxyl groups excluding tert-OH is 1. The van der Waals surface area contributed by atoms with Crippen LogP contribution in [0.1, 0.15) is 34.6 Å². The highest BCUT2D eigenvalue weighted by Crippen LogP contribution is 2.36. The van der Waals surface area contributed by atoms with Crippen LogP contribution in [-0.2, 0) is 4.79 Å². The monoisotopic (exact) mass is 216 g/mol. The minimum atomic E-state index is -1.10. The summed E-state index contributed by atoms with van der Waals surface area (Å²) < 4.78 is 0. The quantitative estimate of drug-likeness (QED) is 0.640. The van der Waals surface area contributed by atoms with Gasteiger partial charge in [-0.2, -0.15) is 0 Å². The number of rotatable bonds is 4. The highest BCUT2D eigenvalue weighted by molar-refractivity contribution is 5.80. The van der Waals surface area contributed by atoms with Gasteiger partial charge in [-0.3, -0.25) is 4.79 Å². The van der Waals surface area contributed by atoms with E-state index in [0.717, 1.165) is 0 Å². The Morgan fingerprint density at radius 3 is 2.13 bits per heavy atom. The first-order valence-electron chi connectivity index (χ1n) is 5.27. The second-order valence-electron chi connectivity index (χ2n) is 5.60. The second-order valence-corrected chi connectivity index (χ2v) is 5.60. The van der Waals surface area contributed by atoms with Crippen molar-refractivity contribution in [2.45, 2.75) is 40.7 Å². The summed E-state index contributed by atoms with van der Waals surface area (Å²) in [6.07, 6.45) is -1.10. The van der Waals surface area contributed by atoms with Crippen LogP contribution in [0.2, 0.25) is 0 Å². The molecule has 0 aromatic heterocycles. The number of hydrogen-bond donors (Lipinski definition) is 3. The van der Waals surface area contributed by atoms with E-state index in [0.29, 0.717) is 6.54 Å². The molecule has 1 amide bonds. The maximum absolute atomic E-state index is 11.3. The van der Waals surface area contributed by atoms with Crippen LogP contribution in [0.4, 0.5) is 0 Å². The molecule has 0 rings (SSSR count). The van der Waals surface area contributed by atoms with E-state index in [9.17, 15) is 9.90 Å². The van der Waals surface area contributed by atoms with Gasteiger partial charge in [0.05, 0.1) is 0 Å². The van der Waals surface area contributed by atoms with E-state index in [4.69, 9.17) is 5.73 Å². The minimum absolute atomic E-state index is 0.0308. The van der Waals surface area contributed by atoms with E-state index in [1.165, 1.54) is 0 Å². The molecule has 0 aromatic carbocycles. The molecule has 0 spiro atoms. The lowest BCUT2D eigenvalue weighted by molar-refractivity contribution is -0.129. The van der Waals surface area contributed by atoms with Crippen LogP contribution in [0.25, 0.3) is 0 Å². The molecule has 90 valence electrons. The van der Waals surface area contributed by atoms with Crippen molar-refractivity contribution < 1.29 is 9.90 Å². The van der Waals surface area contributed by atoms with Crippen LogP contribution >= 0.6 is 0 Å². The van der Waals surface area contributed by atoms with Crippen LogP contribution in [0.3, 0.4) is 0 Å². The van der Waals surface area contributed by atoms with Gasteiger partial charge < -0.3 is 16.2 Å². The fourth-order valence-corrected chi connectivity index (χ4v) is 0.798. The van der Waals surface area contributed by atoms with Crippen LogP contribution in [0.5, 0.6) is 0 Å². The third-order valence-electron chi connectivity index (χ3n) is 3.26. The fourth-order valence-electron chi connectivity index (χ4n) is 0.798. The van der Waals surface area contributed by atoms with E-state index in [2.05, 4.69) is 39.9 Å². The Bertz CT molecular complexity index is 219. The van der Waals surface area contributed by atoms with Gasteiger partial charge >= 0.3 is 0 Å². The molecule has 0 saturated heterocycles. The molecule has 0 aliphatic heterocycles. The Kier molecular flexibility index (Phi) is 4.74. The molecule has 4 N–H and O–H groups in total. The number of nitrogens with one attached hydrogen (secondary N) is 1. The van der Waals surface area contributed by atoms with Gasteiger partial charge in [0, 0.05) is 13.1 Å². The lowest BCUT2D eigenvalue weighted by atomic mass is 9.69. The predicted molar refractivity (Wildman–Crippen MR) is 61.3 cm³/mol. The molecule has 0 radical (unpaired) electrons. The van der Waals surface area contributed by atoms with Crippen molar-refractivity contribution in [3.63, 3.8) is 0 Å². The summed E-state index contributed by atoms with van der Waals surface area (Å²) in [6.45, 7) is 11.0. The number of carbonyl (C=O) groups is 1. The summed E-state index contributed by atoms with van der Waals surface area (Å²) in [6, 6.07) is 0. The van der Waals surface area contributed by atoms with E-state index >= 15 is 0 Å². The second kappa shape index (κ2) is 4.94. The van der Waals surface area contributed by atoms with Gasteiger partial charge in [-0.05, 0) is 10.8 Å². The van der Waals surface area contributed by atoms with Gasteiger partial charge in [-0.25, -0.2) is 0 Å². The van der Waals surface area contributed by atoms with Crippen LogP contribution < -0.4 is 11.1 Å². The van der Waals surface area contributed by atoms with Gasteiger partial charge in [-0.15, -0.1) is 0 Å². The van der Waals surface area contributed by atoms with Gasteiger partial charge in [0.1, 0.15) is 6.10 Å². The van der Waals surface area contributed by atoms with Crippen molar-refractivity contribution in [3.05, 3.63) is 0 Å². The highest BCUT2D eigenvalue weighted by Gasteiger charge is 2.33. The molecule has 0 saturated carbocycles. The lowest BCUT2D eigenvalue weighted by Crippen LogP contribution is -2.46. The lowest BCUT2D eigenvalue weighted by Gasteiger charge is -2.39. The van der Waals surface area contributed by atoms with Gasteiger partial charge in [0.2, 0.25) is 5.91 Å². The van der Waals surface area contributed by atoms with Gasteiger partial charge in [0.15, 0.2) is 0 Å². The SMILES string of the molecule is CC(C)(C)C(C)(C)CNC(=O)C(O)CN. The third kappa shape index (κ3) is 4.18. The Morgan fingerprint density at radius 1 is 1.33 bits per heavy atom. The molecule has 0 aliphatic rings. The molecular formula is C11H24N2O2. The minimum Gasteiger partial charge on any atom is -0.382 e. The molecular weight excluding hydrogens is 192 g/mol. The van der Waals surface area contributed by atoms with E-state index in [1.807, 2.05) is 0 Å². The summed E-state index contributed by atoms with van der Waals surface area (Å²) in [5.74, 6) is -0.394. The summed E-state index contributed by atoms with van der Waals surface area (Å²) in [7, 11) is 0. The highest BCUT2D eigenvalue weighted by atomic mass is 16.3. The van der Waals surface area contributed by atoms with Crippen molar-refractivity contribution in [2.75, 3.05) is 13.1 Å². The molecule has 4 nitrogen and oxygen atoms in total. The molecule has 0 aliphatic carbocycles. The van der Waals surface area contributed by atoms with Crippen LogP contribution in [0, 0.1) is 10.8 Å². The van der Waals surface area contributed by atoms with Crippen molar-refractivity contribution in [1.82, 2.24) is 5.32 Å². The average molecular weight is 216 g/mol. The first-order chi connectivity index (χ1) is 6.62. The van der Waals surface area contributed by atoms with Gasteiger partial charge in [-0.1, -0.05) is 34.6 Å². The molecule has 1 atom stereocenters. The summed E-state index contributed by atoms with van der Waals surface area (Å²) in [4.78, 5) is 11.3. The molecule has 15 heavy (non-hydrogen) atoms. The zero-order valence-corrected chi connectivity index (χ0v) is 10.4. The van der Waals surface area contributed by atoms with Crippen molar-refractivity contribution >= 4 is 5.91 Å². The van der Waals surface area contributed by atoms with Crippen LogP contribution in [-0.4, -0.2) is 30.2 Å². The first kappa shape index (κ1) is 14.4. The Labute approximate surface area is 92.2 Å². The normalized spacial score (nSPS) is 14.9. The smallest absolute Gasteiger partial charge is 0.250 e. The Morgan fingerprint density at radius 2 is 1.80 bits per heavy atom. The zero-order valence-electron chi connectivity index (χ0n) is 10.4. The summed E-state index contributed by atoms with van der Waals surface area (Å²) in [5, 5.41) is 11.9. The number of aliphatic hydroxyl groups is 1.